The Bertz CT molecular complexity index is 549. The highest BCUT2D eigenvalue weighted by molar-refractivity contribution is 5.92. The summed E-state index contributed by atoms with van der Waals surface area (Å²) in [4.78, 5) is 16.2. The number of carbonyl (C=O) groups excluding carboxylic acids is 1. The molecule has 3 rings (SSSR count). The Morgan fingerprint density at radius 3 is 2.90 bits per heavy atom. The molecule has 2 aliphatic rings. The minimum absolute atomic E-state index is 0.0590. The van der Waals surface area contributed by atoms with Gasteiger partial charge in [-0.15, -0.1) is 0 Å². The van der Waals surface area contributed by atoms with Crippen molar-refractivity contribution in [2.75, 3.05) is 6.61 Å². The number of hydrogen-bond acceptors (Lipinski definition) is 4. The second-order valence-electron chi connectivity index (χ2n) is 5.72. The van der Waals surface area contributed by atoms with Crippen LogP contribution in [-0.2, 0) is 0 Å². The number of pyridine rings is 1. The number of carbonyl (C=O) groups is 1. The predicted molar refractivity (Wildman–Crippen MR) is 71.6 cm³/mol. The number of nitriles is 1. The third kappa shape index (κ3) is 2.16. The largest absolute Gasteiger partial charge is 0.396 e. The Kier molecular flexibility index (Phi) is 3.41. The van der Waals surface area contributed by atoms with Crippen LogP contribution in [0.2, 0.25) is 0 Å². The van der Waals surface area contributed by atoms with Crippen molar-refractivity contribution >= 4 is 5.91 Å². The van der Waals surface area contributed by atoms with Gasteiger partial charge in [0.15, 0.2) is 0 Å². The molecule has 5 nitrogen and oxygen atoms in total. The predicted octanol–water partition coefficient (Wildman–Crippen LogP) is 1.09. The van der Waals surface area contributed by atoms with E-state index in [1.807, 2.05) is 6.07 Å². The van der Waals surface area contributed by atoms with E-state index in [-0.39, 0.29) is 24.5 Å². The van der Waals surface area contributed by atoms with E-state index in [0.717, 1.165) is 19.3 Å². The van der Waals surface area contributed by atoms with Crippen molar-refractivity contribution < 1.29 is 9.90 Å². The Hall–Kier alpha value is -1.93. The third-order valence-electron chi connectivity index (χ3n) is 4.72. The van der Waals surface area contributed by atoms with Gasteiger partial charge >= 0.3 is 0 Å². The van der Waals surface area contributed by atoms with E-state index in [1.54, 1.807) is 12.1 Å². The van der Waals surface area contributed by atoms with E-state index < -0.39 is 0 Å². The first-order valence-electron chi connectivity index (χ1n) is 7.01. The quantitative estimate of drug-likeness (QED) is 0.861. The van der Waals surface area contributed by atoms with Crippen LogP contribution < -0.4 is 5.32 Å². The van der Waals surface area contributed by atoms with Gasteiger partial charge in [0.2, 0.25) is 0 Å². The summed E-state index contributed by atoms with van der Waals surface area (Å²) in [6.45, 7) is 0.132. The van der Waals surface area contributed by atoms with Crippen LogP contribution in [0, 0.1) is 29.1 Å². The first-order chi connectivity index (χ1) is 9.72. The fourth-order valence-corrected chi connectivity index (χ4v) is 3.72. The number of aliphatic hydroxyl groups excluding tert-OH is 1. The molecule has 4 atom stereocenters. The summed E-state index contributed by atoms with van der Waals surface area (Å²) in [6.07, 6.45) is 4.81. The molecule has 1 heterocycles. The van der Waals surface area contributed by atoms with Crippen molar-refractivity contribution in [1.82, 2.24) is 10.3 Å². The van der Waals surface area contributed by atoms with Crippen LogP contribution in [0.5, 0.6) is 0 Å². The number of aliphatic hydroxyl groups is 1. The Labute approximate surface area is 117 Å². The van der Waals surface area contributed by atoms with Gasteiger partial charge in [-0.1, -0.05) is 0 Å². The zero-order valence-corrected chi connectivity index (χ0v) is 11.1. The maximum Gasteiger partial charge on any atom is 0.270 e. The fourth-order valence-electron chi connectivity index (χ4n) is 3.72. The van der Waals surface area contributed by atoms with Gasteiger partial charge in [0.05, 0.1) is 5.56 Å². The van der Waals surface area contributed by atoms with E-state index in [1.165, 1.54) is 6.20 Å². The number of fused-ring (bicyclic) bond motifs is 2. The molecule has 0 radical (unpaired) electrons. The van der Waals surface area contributed by atoms with Crippen molar-refractivity contribution in [3.8, 4) is 6.07 Å². The van der Waals surface area contributed by atoms with Crippen molar-refractivity contribution in [3.63, 3.8) is 0 Å². The lowest BCUT2D eigenvalue weighted by molar-refractivity contribution is 0.0856. The van der Waals surface area contributed by atoms with Crippen molar-refractivity contribution in [1.29, 1.82) is 5.26 Å². The van der Waals surface area contributed by atoms with Crippen molar-refractivity contribution in [2.24, 2.45) is 17.8 Å². The minimum Gasteiger partial charge on any atom is -0.396 e. The molecule has 0 spiro atoms. The van der Waals surface area contributed by atoms with Gasteiger partial charge in [-0.3, -0.25) is 4.79 Å². The lowest BCUT2D eigenvalue weighted by Crippen LogP contribution is -2.45. The first-order valence-corrected chi connectivity index (χ1v) is 7.01. The standard InChI is InChI=1S/C15H17N3O2/c16-6-9-1-4-13(17-7-9)15(20)18-14-11-3-2-10(5-11)12(14)8-19/h1,4,7,10-12,14,19H,2-3,5,8H2,(H,18,20). The number of aromatic nitrogens is 1. The van der Waals surface area contributed by atoms with Crippen LogP contribution in [0.4, 0.5) is 0 Å². The number of rotatable bonds is 3. The summed E-state index contributed by atoms with van der Waals surface area (Å²) in [5.41, 5.74) is 0.762. The van der Waals surface area contributed by atoms with Crippen molar-refractivity contribution in [3.05, 3.63) is 29.6 Å². The molecule has 20 heavy (non-hydrogen) atoms. The van der Waals surface area contributed by atoms with Gasteiger partial charge in [-0.2, -0.15) is 5.26 Å². The first kappa shape index (κ1) is 13.1. The summed E-state index contributed by atoms with van der Waals surface area (Å²) < 4.78 is 0. The van der Waals surface area contributed by atoms with Crippen molar-refractivity contribution in [2.45, 2.75) is 25.3 Å². The molecular weight excluding hydrogens is 254 g/mol. The van der Waals surface area contributed by atoms with E-state index in [4.69, 9.17) is 5.26 Å². The molecule has 104 valence electrons. The molecule has 4 unspecified atom stereocenters. The summed E-state index contributed by atoms with van der Waals surface area (Å²) in [6, 6.07) is 5.19. The van der Waals surface area contributed by atoms with E-state index in [0.29, 0.717) is 23.1 Å². The average Bonchev–Trinajstić information content (AvgIpc) is 3.08. The molecule has 1 aromatic rings. The number of amides is 1. The van der Waals surface area contributed by atoms with E-state index in [9.17, 15) is 9.90 Å². The molecule has 2 aliphatic carbocycles. The van der Waals surface area contributed by atoms with Gasteiger partial charge in [-0.25, -0.2) is 4.98 Å². The topological polar surface area (TPSA) is 86.0 Å². The Morgan fingerprint density at radius 1 is 1.45 bits per heavy atom. The van der Waals surface area contributed by atoms with Crippen LogP contribution in [0.15, 0.2) is 18.3 Å². The monoisotopic (exact) mass is 271 g/mol. The summed E-state index contributed by atoms with van der Waals surface area (Å²) in [7, 11) is 0. The maximum atomic E-state index is 12.2. The molecule has 2 bridgehead atoms. The lowest BCUT2D eigenvalue weighted by atomic mass is 9.85. The summed E-state index contributed by atoms with van der Waals surface area (Å²) in [5, 5.41) is 21.2. The molecule has 2 N–H and O–H groups in total. The van der Waals surface area contributed by atoms with E-state index >= 15 is 0 Å². The molecule has 1 amide bonds. The van der Waals surface area contributed by atoms with Gasteiger partial charge < -0.3 is 10.4 Å². The van der Waals surface area contributed by atoms with Crippen LogP contribution in [0.25, 0.3) is 0 Å². The fraction of sp³-hybridized carbons (Fsp3) is 0.533. The lowest BCUT2D eigenvalue weighted by Gasteiger charge is -2.30. The highest BCUT2D eigenvalue weighted by Crippen LogP contribution is 2.48. The summed E-state index contributed by atoms with van der Waals surface area (Å²) in [5.74, 6) is 0.991. The Balaban J connectivity index is 1.70. The molecule has 1 aromatic heterocycles. The number of nitrogens with zero attached hydrogens (tertiary/aromatic N) is 2. The SMILES string of the molecule is N#Cc1ccc(C(=O)NC2C3CCC(C3)C2CO)nc1. The number of hydrogen-bond donors (Lipinski definition) is 2. The number of nitrogens with one attached hydrogen (secondary N) is 1. The minimum atomic E-state index is -0.217. The highest BCUT2D eigenvalue weighted by atomic mass is 16.3. The molecular formula is C15H17N3O2. The van der Waals surface area contributed by atoms with Crippen LogP contribution in [-0.4, -0.2) is 28.6 Å². The van der Waals surface area contributed by atoms with Gasteiger partial charge in [0.1, 0.15) is 11.8 Å². The van der Waals surface area contributed by atoms with Crippen LogP contribution in [0.1, 0.15) is 35.3 Å². The normalized spacial score (nSPS) is 31.0. The second-order valence-corrected chi connectivity index (χ2v) is 5.72. The smallest absolute Gasteiger partial charge is 0.270 e. The third-order valence-corrected chi connectivity index (χ3v) is 4.72. The Morgan fingerprint density at radius 2 is 2.25 bits per heavy atom. The van der Waals surface area contributed by atoms with Gasteiger partial charge in [0, 0.05) is 24.8 Å². The highest BCUT2D eigenvalue weighted by Gasteiger charge is 2.47. The van der Waals surface area contributed by atoms with Gasteiger partial charge in [0.25, 0.3) is 5.91 Å². The molecule has 0 saturated heterocycles. The van der Waals surface area contributed by atoms with E-state index in [2.05, 4.69) is 10.3 Å². The molecule has 5 heteroatoms. The van der Waals surface area contributed by atoms with Gasteiger partial charge in [-0.05, 0) is 43.2 Å². The molecule has 2 saturated carbocycles. The summed E-state index contributed by atoms with van der Waals surface area (Å²) >= 11 is 0. The van der Waals surface area contributed by atoms with Crippen LogP contribution >= 0.6 is 0 Å². The maximum absolute atomic E-state index is 12.2. The van der Waals surface area contributed by atoms with Crippen LogP contribution in [0.3, 0.4) is 0 Å². The average molecular weight is 271 g/mol. The molecule has 2 fully saturated rings. The molecule has 0 aromatic carbocycles. The zero-order valence-electron chi connectivity index (χ0n) is 11.1. The second kappa shape index (κ2) is 5.22. The molecule has 0 aliphatic heterocycles. The zero-order chi connectivity index (χ0) is 14.1.